The van der Waals surface area contributed by atoms with E-state index in [4.69, 9.17) is 15.2 Å². The summed E-state index contributed by atoms with van der Waals surface area (Å²) in [4.78, 5) is 7.67. The maximum atomic E-state index is 10.4. The first kappa shape index (κ1) is 15.4. The Labute approximate surface area is 147 Å². The van der Waals surface area contributed by atoms with Gasteiger partial charge in [-0.05, 0) is 0 Å². The molecule has 0 saturated carbocycles. The highest BCUT2D eigenvalue weighted by Crippen LogP contribution is 2.38. The lowest BCUT2D eigenvalue weighted by Crippen LogP contribution is -2.01. The van der Waals surface area contributed by atoms with Crippen LogP contribution in [0.25, 0.3) is 28.1 Å². The molecule has 8 heteroatoms. The number of aromatic amines is 1. The van der Waals surface area contributed by atoms with Crippen molar-refractivity contribution in [3.05, 3.63) is 35.2 Å². The molecule has 25 heavy (non-hydrogen) atoms. The van der Waals surface area contributed by atoms with Gasteiger partial charge in [0, 0.05) is 29.0 Å². The first-order valence-corrected chi connectivity index (χ1v) is 8.40. The number of hydrogen-bond donors (Lipinski definition) is 3. The van der Waals surface area contributed by atoms with Crippen LogP contribution in [0.3, 0.4) is 0 Å². The van der Waals surface area contributed by atoms with Gasteiger partial charge in [0.25, 0.3) is 0 Å². The number of nitrogens with two attached hydrogens (primary N) is 1. The maximum absolute atomic E-state index is 10.4. The van der Waals surface area contributed by atoms with Crippen molar-refractivity contribution >= 4 is 28.2 Å². The van der Waals surface area contributed by atoms with E-state index < -0.39 is 0 Å². The highest BCUT2D eigenvalue weighted by Gasteiger charge is 2.20. The quantitative estimate of drug-likeness (QED) is 0.521. The number of nitrogens with zero attached hydrogens (tertiary/aromatic N) is 2. The number of methoxy groups -OCH3 is 2. The van der Waals surface area contributed by atoms with E-state index in [0.717, 1.165) is 11.0 Å². The number of imidazole rings is 1. The number of rotatable bonds is 4. The fourth-order valence-corrected chi connectivity index (χ4v) is 3.45. The molecule has 0 aliphatic rings. The average Bonchev–Trinajstić information content (AvgIpc) is 3.27. The molecule has 0 spiro atoms. The maximum Gasteiger partial charge on any atom is 0.146 e. The Bertz CT molecular complexity index is 1010. The number of hydrogen-bond acceptors (Lipinski definition) is 6. The zero-order valence-electron chi connectivity index (χ0n) is 13.6. The average molecular weight is 356 g/mol. The minimum atomic E-state index is 0.0411. The predicted octanol–water partition coefficient (Wildman–Crippen LogP) is 3.39. The van der Waals surface area contributed by atoms with Crippen LogP contribution < -0.4 is 15.2 Å². The molecule has 128 valence electrons. The molecule has 0 amide bonds. The van der Waals surface area contributed by atoms with Crippen molar-refractivity contribution in [3.8, 4) is 34.3 Å². The molecule has 0 radical (unpaired) electrons. The Morgan fingerprint density at radius 3 is 2.52 bits per heavy atom. The Balaban J connectivity index is 1.86. The molecule has 0 fully saturated rings. The SMILES string of the molecule is COc1cc(OC)cc(-n2cc(O)c(-c3nc4cscc4[nH]3)c2N)c1. The monoisotopic (exact) mass is 356 g/mol. The highest BCUT2D eigenvalue weighted by atomic mass is 32.1. The number of aromatic nitrogens is 3. The molecule has 3 aromatic heterocycles. The predicted molar refractivity (Wildman–Crippen MR) is 97.9 cm³/mol. The van der Waals surface area contributed by atoms with Crippen molar-refractivity contribution in [1.82, 2.24) is 14.5 Å². The molecule has 0 aliphatic heterocycles. The first-order chi connectivity index (χ1) is 12.1. The normalized spacial score (nSPS) is 11.1. The van der Waals surface area contributed by atoms with Crippen LogP contribution in [0.1, 0.15) is 0 Å². The van der Waals surface area contributed by atoms with Crippen LogP contribution in [0.15, 0.2) is 35.2 Å². The molecular weight excluding hydrogens is 340 g/mol. The molecule has 0 aliphatic carbocycles. The van der Waals surface area contributed by atoms with E-state index in [2.05, 4.69) is 9.97 Å². The largest absolute Gasteiger partial charge is 0.505 e. The van der Waals surface area contributed by atoms with E-state index in [9.17, 15) is 5.11 Å². The van der Waals surface area contributed by atoms with Crippen molar-refractivity contribution in [2.75, 3.05) is 20.0 Å². The van der Waals surface area contributed by atoms with E-state index in [-0.39, 0.29) is 5.75 Å². The number of H-pyrrole nitrogens is 1. The summed E-state index contributed by atoms with van der Waals surface area (Å²) < 4.78 is 12.3. The number of fused-ring (bicyclic) bond motifs is 1. The lowest BCUT2D eigenvalue weighted by Gasteiger charge is -2.11. The van der Waals surface area contributed by atoms with Crippen LogP contribution in [0.2, 0.25) is 0 Å². The molecule has 3 heterocycles. The van der Waals surface area contributed by atoms with Crippen LogP contribution in [-0.2, 0) is 0 Å². The number of nitrogen functional groups attached to an aromatic ring is 1. The summed E-state index contributed by atoms with van der Waals surface area (Å²) in [5.41, 5.74) is 9.23. The van der Waals surface area contributed by atoms with Gasteiger partial charge in [0.15, 0.2) is 0 Å². The van der Waals surface area contributed by atoms with Gasteiger partial charge in [-0.3, -0.25) is 4.57 Å². The van der Waals surface area contributed by atoms with Crippen LogP contribution in [0.4, 0.5) is 5.82 Å². The molecular formula is C17H16N4O3S. The van der Waals surface area contributed by atoms with E-state index in [0.29, 0.717) is 34.4 Å². The van der Waals surface area contributed by atoms with Gasteiger partial charge in [0.2, 0.25) is 0 Å². The minimum absolute atomic E-state index is 0.0411. The summed E-state index contributed by atoms with van der Waals surface area (Å²) in [6.45, 7) is 0. The fraction of sp³-hybridized carbons (Fsp3) is 0.118. The lowest BCUT2D eigenvalue weighted by molar-refractivity contribution is 0.394. The van der Waals surface area contributed by atoms with Gasteiger partial charge in [0.05, 0.1) is 37.1 Å². The minimum Gasteiger partial charge on any atom is -0.505 e. The topological polar surface area (TPSA) is 98.3 Å². The molecule has 0 bridgehead atoms. The van der Waals surface area contributed by atoms with Crippen molar-refractivity contribution in [2.24, 2.45) is 0 Å². The summed E-state index contributed by atoms with van der Waals surface area (Å²) in [5.74, 6) is 2.19. The smallest absolute Gasteiger partial charge is 0.146 e. The van der Waals surface area contributed by atoms with Gasteiger partial charge < -0.3 is 25.3 Å². The highest BCUT2D eigenvalue weighted by molar-refractivity contribution is 7.09. The Morgan fingerprint density at radius 2 is 1.88 bits per heavy atom. The van der Waals surface area contributed by atoms with Crippen molar-refractivity contribution in [1.29, 1.82) is 0 Å². The summed E-state index contributed by atoms with van der Waals surface area (Å²) in [6, 6.07) is 5.38. The molecule has 1 aromatic carbocycles. The molecule has 4 N–H and O–H groups in total. The third-order valence-electron chi connectivity index (χ3n) is 4.00. The number of thiophene rings is 1. The van der Waals surface area contributed by atoms with E-state index in [1.165, 1.54) is 0 Å². The number of aromatic hydroxyl groups is 1. The number of anilines is 1. The standard InChI is InChI=1S/C17H16N4O3S/c1-23-10-3-9(4-11(5-10)24-2)21-6-14(22)15(16(21)18)17-19-12-7-25-8-13(12)20-17/h3-8,22H,18H2,1-2H3,(H,19,20). The van der Waals surface area contributed by atoms with E-state index >= 15 is 0 Å². The third kappa shape index (κ3) is 2.47. The molecule has 0 atom stereocenters. The number of ether oxygens (including phenoxy) is 2. The van der Waals surface area contributed by atoms with Gasteiger partial charge in [-0.1, -0.05) is 0 Å². The zero-order chi connectivity index (χ0) is 17.6. The van der Waals surface area contributed by atoms with Crippen LogP contribution in [-0.4, -0.2) is 33.9 Å². The summed E-state index contributed by atoms with van der Waals surface area (Å²) in [7, 11) is 3.16. The Kier molecular flexibility index (Phi) is 3.54. The van der Waals surface area contributed by atoms with Gasteiger partial charge in [-0.2, -0.15) is 0 Å². The van der Waals surface area contributed by atoms with Crippen LogP contribution in [0.5, 0.6) is 17.2 Å². The Hall–Kier alpha value is -3.13. The van der Waals surface area contributed by atoms with Crippen LogP contribution in [0, 0.1) is 0 Å². The lowest BCUT2D eigenvalue weighted by atomic mass is 10.2. The second kappa shape index (κ2) is 5.75. The van der Waals surface area contributed by atoms with Crippen LogP contribution >= 0.6 is 11.3 Å². The molecule has 7 nitrogen and oxygen atoms in total. The van der Waals surface area contributed by atoms with E-state index in [1.807, 2.05) is 22.9 Å². The van der Waals surface area contributed by atoms with Gasteiger partial charge in [-0.25, -0.2) is 4.98 Å². The van der Waals surface area contributed by atoms with Crippen molar-refractivity contribution in [2.45, 2.75) is 0 Å². The van der Waals surface area contributed by atoms with E-state index in [1.54, 1.807) is 42.4 Å². The number of benzene rings is 1. The molecule has 4 aromatic rings. The second-order valence-electron chi connectivity index (χ2n) is 5.47. The van der Waals surface area contributed by atoms with Gasteiger partial charge in [0.1, 0.15) is 34.5 Å². The molecule has 0 saturated heterocycles. The van der Waals surface area contributed by atoms with Crippen molar-refractivity contribution < 1.29 is 14.6 Å². The molecule has 0 unspecified atom stereocenters. The number of nitrogens with one attached hydrogen (secondary N) is 1. The van der Waals surface area contributed by atoms with Crippen molar-refractivity contribution in [3.63, 3.8) is 0 Å². The summed E-state index contributed by atoms with van der Waals surface area (Å²) in [6.07, 6.45) is 1.55. The third-order valence-corrected chi connectivity index (χ3v) is 4.73. The second-order valence-corrected chi connectivity index (χ2v) is 6.22. The fourth-order valence-electron chi connectivity index (χ4n) is 2.76. The summed E-state index contributed by atoms with van der Waals surface area (Å²) in [5, 5.41) is 14.3. The van der Waals surface area contributed by atoms with Gasteiger partial charge >= 0.3 is 0 Å². The summed E-state index contributed by atoms with van der Waals surface area (Å²) >= 11 is 1.56. The Morgan fingerprint density at radius 1 is 1.16 bits per heavy atom. The zero-order valence-corrected chi connectivity index (χ0v) is 14.4. The molecule has 4 rings (SSSR count). The first-order valence-electron chi connectivity index (χ1n) is 7.46. The van der Waals surface area contributed by atoms with Gasteiger partial charge in [-0.15, -0.1) is 11.3 Å².